The Morgan fingerprint density at radius 3 is 2.34 bits per heavy atom. The number of ether oxygens (including phenoxy) is 1. The molecule has 4 aromatic rings. The van der Waals surface area contributed by atoms with Gasteiger partial charge >= 0.3 is 0 Å². The fourth-order valence-electron chi connectivity index (χ4n) is 4.05. The van der Waals surface area contributed by atoms with Crippen molar-refractivity contribution in [2.24, 2.45) is 0 Å². The van der Waals surface area contributed by atoms with Crippen molar-refractivity contribution in [1.29, 1.82) is 0 Å². The van der Waals surface area contributed by atoms with Crippen LogP contribution in [0.15, 0.2) is 84.9 Å². The molecule has 0 amide bonds. The molecule has 4 aromatic carbocycles. The number of fused-ring (bicyclic) bond motifs is 3. The Kier molecular flexibility index (Phi) is 4.33. The molecule has 5 rings (SSSR count). The van der Waals surface area contributed by atoms with Crippen molar-refractivity contribution in [3.8, 4) is 5.75 Å². The monoisotopic (exact) mass is 402 g/mol. The van der Waals surface area contributed by atoms with E-state index in [-0.39, 0.29) is 17.5 Å². The average Bonchev–Trinajstić information content (AvgIpc) is 3.14. The molecule has 4 heteroatoms. The Bertz CT molecular complexity index is 1220. The van der Waals surface area contributed by atoms with Crippen LogP contribution >= 0.6 is 11.6 Å². The van der Waals surface area contributed by atoms with Gasteiger partial charge in [-0.15, -0.1) is 0 Å². The molecule has 2 nitrogen and oxygen atoms in total. The number of benzene rings is 4. The lowest BCUT2D eigenvalue weighted by atomic mass is 9.83. The first kappa shape index (κ1) is 17.9. The predicted octanol–water partition coefficient (Wildman–Crippen LogP) is 6.41. The number of rotatable bonds is 3. The molecule has 2 unspecified atom stereocenters. The van der Waals surface area contributed by atoms with Gasteiger partial charge in [-0.3, -0.25) is 4.79 Å². The standard InChI is InChI=1S/C25H16ClFO2/c26-18-10-5-16(6-11-18)22-23-20-4-2-1-3-15(20)9-14-21(23)29-25(22)24(28)17-7-12-19(27)13-8-17/h1-14,22,25H. The van der Waals surface area contributed by atoms with Crippen molar-refractivity contribution in [3.05, 3.63) is 112 Å². The number of hydrogen-bond donors (Lipinski definition) is 0. The van der Waals surface area contributed by atoms with Crippen LogP contribution in [0.25, 0.3) is 10.8 Å². The minimum atomic E-state index is -0.734. The molecule has 1 aliphatic heterocycles. The molecule has 0 bridgehead atoms. The summed E-state index contributed by atoms with van der Waals surface area (Å²) in [4.78, 5) is 13.3. The maximum absolute atomic E-state index is 13.3. The van der Waals surface area contributed by atoms with Crippen LogP contribution in [-0.2, 0) is 0 Å². The highest BCUT2D eigenvalue weighted by Crippen LogP contribution is 2.47. The van der Waals surface area contributed by atoms with Crippen LogP contribution in [0.3, 0.4) is 0 Å². The number of hydrogen-bond acceptors (Lipinski definition) is 2. The molecule has 0 saturated heterocycles. The van der Waals surface area contributed by atoms with Crippen LogP contribution in [0.4, 0.5) is 4.39 Å². The number of halogens is 2. The zero-order chi connectivity index (χ0) is 20.0. The van der Waals surface area contributed by atoms with E-state index in [4.69, 9.17) is 16.3 Å². The lowest BCUT2D eigenvalue weighted by molar-refractivity contribution is 0.0806. The molecule has 0 fully saturated rings. The highest BCUT2D eigenvalue weighted by molar-refractivity contribution is 6.30. The lowest BCUT2D eigenvalue weighted by Gasteiger charge is -2.19. The van der Waals surface area contributed by atoms with Gasteiger partial charge in [-0.25, -0.2) is 4.39 Å². The zero-order valence-electron chi connectivity index (χ0n) is 15.3. The highest BCUT2D eigenvalue weighted by Gasteiger charge is 2.41. The van der Waals surface area contributed by atoms with Crippen molar-refractivity contribution in [1.82, 2.24) is 0 Å². The summed E-state index contributed by atoms with van der Waals surface area (Å²) in [7, 11) is 0. The summed E-state index contributed by atoms with van der Waals surface area (Å²) in [5, 5.41) is 2.77. The van der Waals surface area contributed by atoms with Crippen LogP contribution in [0.2, 0.25) is 5.02 Å². The third kappa shape index (κ3) is 3.08. The molecule has 29 heavy (non-hydrogen) atoms. The van der Waals surface area contributed by atoms with Gasteiger partial charge in [0, 0.05) is 16.1 Å². The van der Waals surface area contributed by atoms with E-state index < -0.39 is 6.10 Å². The van der Waals surface area contributed by atoms with Crippen LogP contribution in [0.5, 0.6) is 5.75 Å². The first-order chi connectivity index (χ1) is 14.1. The second-order valence-electron chi connectivity index (χ2n) is 7.14. The van der Waals surface area contributed by atoms with Gasteiger partial charge in [-0.2, -0.15) is 0 Å². The Morgan fingerprint density at radius 2 is 1.59 bits per heavy atom. The molecule has 1 heterocycles. The number of Topliss-reactive ketones (excluding diaryl/α,β-unsaturated/α-hetero) is 1. The molecular weight excluding hydrogens is 387 g/mol. The van der Waals surface area contributed by atoms with E-state index in [2.05, 4.69) is 0 Å². The van der Waals surface area contributed by atoms with E-state index in [1.54, 1.807) is 0 Å². The Morgan fingerprint density at radius 1 is 0.862 bits per heavy atom. The van der Waals surface area contributed by atoms with E-state index >= 15 is 0 Å². The van der Waals surface area contributed by atoms with Crippen molar-refractivity contribution in [2.75, 3.05) is 0 Å². The predicted molar refractivity (Wildman–Crippen MR) is 112 cm³/mol. The van der Waals surface area contributed by atoms with Crippen LogP contribution in [-0.4, -0.2) is 11.9 Å². The summed E-state index contributed by atoms with van der Waals surface area (Å²) < 4.78 is 19.5. The smallest absolute Gasteiger partial charge is 0.204 e. The zero-order valence-corrected chi connectivity index (χ0v) is 16.1. The minimum Gasteiger partial charge on any atom is -0.481 e. The van der Waals surface area contributed by atoms with Gasteiger partial charge in [0.25, 0.3) is 0 Å². The van der Waals surface area contributed by atoms with Gasteiger partial charge in [0.1, 0.15) is 11.6 Å². The molecular formula is C25H16ClFO2. The third-order valence-electron chi connectivity index (χ3n) is 5.41. The molecule has 142 valence electrons. The fourth-order valence-corrected chi connectivity index (χ4v) is 4.18. The largest absolute Gasteiger partial charge is 0.481 e. The summed E-state index contributed by atoms with van der Waals surface area (Å²) in [5.74, 6) is -0.141. The third-order valence-corrected chi connectivity index (χ3v) is 5.67. The van der Waals surface area contributed by atoms with E-state index in [1.165, 1.54) is 24.3 Å². The van der Waals surface area contributed by atoms with Crippen LogP contribution in [0, 0.1) is 5.82 Å². The van der Waals surface area contributed by atoms with Crippen molar-refractivity contribution in [3.63, 3.8) is 0 Å². The second kappa shape index (κ2) is 7.02. The van der Waals surface area contributed by atoms with Crippen molar-refractivity contribution >= 4 is 28.2 Å². The number of carbonyl (C=O) groups is 1. The topological polar surface area (TPSA) is 26.3 Å². The molecule has 0 radical (unpaired) electrons. The van der Waals surface area contributed by atoms with Crippen molar-refractivity contribution in [2.45, 2.75) is 12.0 Å². The number of carbonyl (C=O) groups excluding carboxylic acids is 1. The maximum atomic E-state index is 13.3. The molecule has 0 saturated carbocycles. The molecule has 0 aliphatic carbocycles. The van der Waals surface area contributed by atoms with Gasteiger partial charge in [-0.05, 0) is 58.8 Å². The maximum Gasteiger partial charge on any atom is 0.204 e. The average molecular weight is 403 g/mol. The summed E-state index contributed by atoms with van der Waals surface area (Å²) in [5.41, 5.74) is 2.36. The SMILES string of the molecule is O=C(c1ccc(F)cc1)C1Oc2ccc3ccccc3c2C1c1ccc(Cl)cc1. The van der Waals surface area contributed by atoms with Crippen LogP contribution in [0.1, 0.15) is 27.4 Å². The van der Waals surface area contributed by atoms with Gasteiger partial charge < -0.3 is 4.74 Å². The molecule has 1 aliphatic rings. The summed E-state index contributed by atoms with van der Waals surface area (Å²) in [6.45, 7) is 0. The Balaban J connectivity index is 1.68. The van der Waals surface area contributed by atoms with E-state index in [0.29, 0.717) is 16.3 Å². The van der Waals surface area contributed by atoms with Crippen LogP contribution < -0.4 is 4.74 Å². The van der Waals surface area contributed by atoms with Gasteiger partial charge in [0.15, 0.2) is 6.10 Å². The van der Waals surface area contributed by atoms with Gasteiger partial charge in [0.05, 0.1) is 5.92 Å². The molecule has 0 aromatic heterocycles. The van der Waals surface area contributed by atoms with Gasteiger partial charge in [0.2, 0.25) is 5.78 Å². The lowest BCUT2D eigenvalue weighted by Crippen LogP contribution is -2.30. The summed E-state index contributed by atoms with van der Waals surface area (Å²) in [6.07, 6.45) is -0.734. The molecule has 2 atom stereocenters. The van der Waals surface area contributed by atoms with E-state index in [9.17, 15) is 9.18 Å². The van der Waals surface area contributed by atoms with E-state index in [1.807, 2.05) is 60.7 Å². The molecule has 0 spiro atoms. The summed E-state index contributed by atoms with van der Waals surface area (Å²) in [6, 6.07) is 25.1. The quantitative estimate of drug-likeness (QED) is 0.370. The second-order valence-corrected chi connectivity index (χ2v) is 7.57. The first-order valence-electron chi connectivity index (χ1n) is 9.35. The first-order valence-corrected chi connectivity index (χ1v) is 9.73. The Labute approximate surface area is 172 Å². The van der Waals surface area contributed by atoms with E-state index in [0.717, 1.165) is 21.9 Å². The fraction of sp³-hybridized carbons (Fsp3) is 0.0800. The normalized spacial score (nSPS) is 17.7. The van der Waals surface area contributed by atoms with Crippen molar-refractivity contribution < 1.29 is 13.9 Å². The summed E-state index contributed by atoms with van der Waals surface area (Å²) >= 11 is 6.09. The Hall–Kier alpha value is -3.17. The number of ketones is 1. The highest BCUT2D eigenvalue weighted by atomic mass is 35.5. The van der Waals surface area contributed by atoms with Gasteiger partial charge in [-0.1, -0.05) is 54.1 Å². The minimum absolute atomic E-state index is 0.176. The molecule has 0 N–H and O–H groups in total.